The first-order chi connectivity index (χ1) is 16.2. The lowest BCUT2D eigenvalue weighted by Crippen LogP contribution is -2.38. The summed E-state index contributed by atoms with van der Waals surface area (Å²) in [5.74, 6) is -4.68. The zero-order valence-electron chi connectivity index (χ0n) is 18.0. The molecule has 34 heavy (non-hydrogen) atoms. The fourth-order valence-electron chi connectivity index (χ4n) is 3.03. The highest BCUT2D eigenvalue weighted by Crippen LogP contribution is 2.35. The summed E-state index contributed by atoms with van der Waals surface area (Å²) >= 11 is 7.56. The van der Waals surface area contributed by atoms with Crippen LogP contribution in [0.3, 0.4) is 0 Å². The van der Waals surface area contributed by atoms with Crippen LogP contribution >= 0.6 is 22.9 Å². The Morgan fingerprint density at radius 2 is 1.71 bits per heavy atom. The maximum absolute atomic E-state index is 14.5. The summed E-state index contributed by atoms with van der Waals surface area (Å²) in [5.41, 5.74) is -1.13. The van der Waals surface area contributed by atoms with E-state index in [2.05, 4.69) is 4.74 Å². The number of carbonyl (C=O) groups is 4. The molecule has 0 fully saturated rings. The lowest BCUT2D eigenvalue weighted by atomic mass is 9.90. The fraction of sp³-hybridized carbons (Fsp3) is 0.273. The molecule has 9 nitrogen and oxygen atoms in total. The molecule has 12 heteroatoms. The van der Waals surface area contributed by atoms with Gasteiger partial charge in [-0.25, -0.2) is 23.7 Å². The molecule has 3 rings (SSSR count). The highest BCUT2D eigenvalue weighted by Gasteiger charge is 2.33. The number of carboxylic acids is 1. The van der Waals surface area contributed by atoms with Gasteiger partial charge in [-0.15, -0.1) is 0 Å². The third-order valence-corrected chi connectivity index (χ3v) is 5.54. The molecule has 1 aliphatic carbocycles. The first-order valence-corrected chi connectivity index (χ1v) is 11.2. The van der Waals surface area contributed by atoms with Crippen LogP contribution in [0, 0.1) is 5.82 Å². The minimum atomic E-state index is -1.82. The minimum Gasteiger partial charge on any atom is -0.480 e. The standard InChI is InChI=1S/C18H17ClFNO8.C4H4S/c1-28-15(22)8-29-14-7-13(12(20)6-11(14)19)21(18(26)27)16(23)9-4-2-3-5-10(9)17(24)25;1-2-4-5-3-1/h6-7H,2-5,8H2,1H3,(H,24,25)(H,26,27);1-4H. The number of methoxy groups -OCH3 is 1. The number of carboxylic acid groups (broad SMARTS) is 2. The van der Waals surface area contributed by atoms with Crippen molar-refractivity contribution >= 4 is 52.6 Å². The third kappa shape index (κ3) is 7.03. The van der Waals surface area contributed by atoms with Crippen molar-refractivity contribution in [2.45, 2.75) is 25.7 Å². The summed E-state index contributed by atoms with van der Waals surface area (Å²) < 4.78 is 24.0. The molecule has 1 aromatic carbocycles. The van der Waals surface area contributed by atoms with E-state index in [0.717, 1.165) is 19.2 Å². The number of benzene rings is 1. The van der Waals surface area contributed by atoms with E-state index in [1.165, 1.54) is 0 Å². The SMILES string of the molecule is COC(=O)COc1cc(N(C(=O)O)C(=O)C2=C(C(=O)O)CCCC2)c(F)cc1Cl.c1ccsc1. The summed E-state index contributed by atoms with van der Waals surface area (Å²) in [5, 5.41) is 22.6. The topological polar surface area (TPSA) is 130 Å². The lowest BCUT2D eigenvalue weighted by Gasteiger charge is -2.23. The number of aliphatic carboxylic acids is 1. The predicted molar refractivity (Wildman–Crippen MR) is 122 cm³/mol. The fourth-order valence-corrected chi connectivity index (χ4v) is 3.69. The Labute approximate surface area is 203 Å². The predicted octanol–water partition coefficient (Wildman–Crippen LogP) is 4.75. The van der Waals surface area contributed by atoms with Gasteiger partial charge in [0, 0.05) is 17.2 Å². The highest BCUT2D eigenvalue weighted by molar-refractivity contribution is 7.07. The van der Waals surface area contributed by atoms with E-state index < -0.39 is 42.1 Å². The first-order valence-electron chi connectivity index (χ1n) is 9.85. The average molecular weight is 514 g/mol. The number of rotatable bonds is 6. The second kappa shape index (κ2) is 12.7. The van der Waals surface area contributed by atoms with Crippen molar-refractivity contribution in [2.75, 3.05) is 18.6 Å². The molecule has 0 saturated heterocycles. The van der Waals surface area contributed by atoms with Crippen LogP contribution in [0.15, 0.2) is 46.2 Å². The summed E-state index contributed by atoms with van der Waals surface area (Å²) in [7, 11) is 1.12. The normalized spacial score (nSPS) is 12.8. The van der Waals surface area contributed by atoms with Crippen LogP contribution in [0.5, 0.6) is 5.75 Å². The Kier molecular flexibility index (Phi) is 10.0. The van der Waals surface area contributed by atoms with Crippen LogP contribution in [0.25, 0.3) is 0 Å². The maximum atomic E-state index is 14.5. The van der Waals surface area contributed by atoms with Gasteiger partial charge in [-0.1, -0.05) is 23.7 Å². The van der Waals surface area contributed by atoms with Crippen LogP contribution in [0.4, 0.5) is 14.9 Å². The highest BCUT2D eigenvalue weighted by atomic mass is 35.5. The molecule has 2 N–H and O–H groups in total. The van der Waals surface area contributed by atoms with E-state index in [1.54, 1.807) is 11.3 Å². The Bertz CT molecular complexity index is 1070. The molecule has 0 radical (unpaired) electrons. The second-order valence-electron chi connectivity index (χ2n) is 6.78. The van der Waals surface area contributed by atoms with Crippen LogP contribution in [0.2, 0.25) is 5.02 Å². The quantitative estimate of drug-likeness (QED) is 0.529. The van der Waals surface area contributed by atoms with E-state index in [4.69, 9.17) is 16.3 Å². The van der Waals surface area contributed by atoms with E-state index in [1.807, 2.05) is 22.9 Å². The summed E-state index contributed by atoms with van der Waals surface area (Å²) in [4.78, 5) is 47.3. The zero-order chi connectivity index (χ0) is 25.3. The molecule has 2 aromatic rings. The minimum absolute atomic E-state index is 0.0468. The molecule has 1 aliphatic rings. The number of esters is 1. The van der Waals surface area contributed by atoms with Crippen molar-refractivity contribution in [1.29, 1.82) is 0 Å². The van der Waals surface area contributed by atoms with Gasteiger partial charge in [0.1, 0.15) is 11.6 Å². The van der Waals surface area contributed by atoms with Crippen molar-refractivity contribution in [3.8, 4) is 5.75 Å². The Hall–Kier alpha value is -3.44. The first kappa shape index (κ1) is 26.8. The second-order valence-corrected chi connectivity index (χ2v) is 8.01. The molecule has 0 unspecified atom stereocenters. The molecule has 0 aliphatic heterocycles. The van der Waals surface area contributed by atoms with Gasteiger partial charge in [-0.2, -0.15) is 11.3 Å². The number of anilines is 1. The van der Waals surface area contributed by atoms with Gasteiger partial charge in [0.05, 0.1) is 17.8 Å². The van der Waals surface area contributed by atoms with Gasteiger partial charge in [0.25, 0.3) is 5.91 Å². The Morgan fingerprint density at radius 1 is 1.09 bits per heavy atom. The zero-order valence-corrected chi connectivity index (χ0v) is 19.5. The summed E-state index contributed by atoms with van der Waals surface area (Å²) in [6.07, 6.45) is -0.655. The van der Waals surface area contributed by atoms with Gasteiger partial charge in [0.2, 0.25) is 0 Å². The smallest absolute Gasteiger partial charge is 0.419 e. The van der Waals surface area contributed by atoms with Crippen molar-refractivity contribution in [3.63, 3.8) is 0 Å². The van der Waals surface area contributed by atoms with Crippen molar-refractivity contribution in [2.24, 2.45) is 0 Å². The van der Waals surface area contributed by atoms with Crippen LogP contribution in [-0.4, -0.2) is 47.9 Å². The number of carbonyl (C=O) groups excluding carboxylic acids is 2. The van der Waals surface area contributed by atoms with Crippen molar-refractivity contribution < 1.29 is 43.3 Å². The average Bonchev–Trinajstić information content (AvgIpc) is 3.39. The molecule has 0 spiro atoms. The van der Waals surface area contributed by atoms with E-state index in [-0.39, 0.29) is 39.7 Å². The molecule has 2 amide bonds. The number of hydrogen-bond acceptors (Lipinski definition) is 7. The van der Waals surface area contributed by atoms with E-state index >= 15 is 0 Å². The molecule has 0 atom stereocenters. The number of hydrogen-bond donors (Lipinski definition) is 2. The van der Waals surface area contributed by atoms with Crippen molar-refractivity contribution in [3.05, 3.63) is 57.0 Å². The maximum Gasteiger partial charge on any atom is 0.419 e. The van der Waals surface area contributed by atoms with Crippen LogP contribution in [0.1, 0.15) is 25.7 Å². The molecular weight excluding hydrogens is 493 g/mol. The van der Waals surface area contributed by atoms with Gasteiger partial charge in [0.15, 0.2) is 6.61 Å². The van der Waals surface area contributed by atoms with Gasteiger partial charge < -0.3 is 19.7 Å². The van der Waals surface area contributed by atoms with E-state index in [9.17, 15) is 33.8 Å². The Balaban J connectivity index is 0.000000720. The van der Waals surface area contributed by atoms with Gasteiger partial charge >= 0.3 is 18.0 Å². The number of amides is 2. The molecular formula is C22H21ClFNO8S. The summed E-state index contributed by atoms with van der Waals surface area (Å²) in [6, 6.07) is 5.60. The molecule has 182 valence electrons. The molecule has 1 heterocycles. The Morgan fingerprint density at radius 3 is 2.21 bits per heavy atom. The van der Waals surface area contributed by atoms with Gasteiger partial charge in [-0.05, 0) is 42.5 Å². The number of imide groups is 1. The number of ether oxygens (including phenoxy) is 2. The number of nitrogens with zero attached hydrogens (tertiary/aromatic N) is 1. The third-order valence-electron chi connectivity index (χ3n) is 4.62. The number of thiophene rings is 1. The van der Waals surface area contributed by atoms with Crippen LogP contribution in [-0.2, 0) is 19.1 Å². The van der Waals surface area contributed by atoms with E-state index in [0.29, 0.717) is 12.8 Å². The lowest BCUT2D eigenvalue weighted by molar-refractivity contribution is -0.143. The monoisotopic (exact) mass is 513 g/mol. The molecule has 1 aromatic heterocycles. The molecule has 0 bridgehead atoms. The molecule has 0 saturated carbocycles. The largest absolute Gasteiger partial charge is 0.480 e. The summed E-state index contributed by atoms with van der Waals surface area (Å²) in [6.45, 7) is -0.587. The van der Waals surface area contributed by atoms with Crippen molar-refractivity contribution in [1.82, 2.24) is 0 Å². The van der Waals surface area contributed by atoms with Gasteiger partial charge in [-0.3, -0.25) is 4.79 Å². The number of halogens is 2. The van der Waals surface area contributed by atoms with Crippen LogP contribution < -0.4 is 9.64 Å².